The number of nitrogens with zero attached hydrogens (tertiary/aromatic N) is 1. The number of hydrogen-bond acceptors (Lipinski definition) is 8. The Balaban J connectivity index is 1.29. The number of rotatable bonds is 14. The van der Waals surface area contributed by atoms with E-state index in [0.717, 1.165) is 11.1 Å². The van der Waals surface area contributed by atoms with Crippen LogP contribution < -0.4 is 25.4 Å². The summed E-state index contributed by atoms with van der Waals surface area (Å²) in [5.41, 5.74) is 1.64. The van der Waals surface area contributed by atoms with Crippen molar-refractivity contribution in [3.8, 4) is 11.5 Å². The standard InChI is InChI=1S/C33H44N4O7/c1-21(2)12-25(34-33(41)42-19-23-8-6-5-7-9-23)16-37-17-27(28(38)18-37)36-32(40)26(13-22(3)4)35-31(39)15-24-10-11-29-30(14-24)44-20-43-29/h5-11,14,21-22,25-27H,12-13,15-20H2,1-4H3,(H,34,41)(H,35,39)(H,36,40)/t25-,26-,27?/m0/s1. The van der Waals surface area contributed by atoms with Crippen LogP contribution in [0.2, 0.25) is 0 Å². The summed E-state index contributed by atoms with van der Waals surface area (Å²) in [4.78, 5) is 53.6. The summed E-state index contributed by atoms with van der Waals surface area (Å²) in [5.74, 6) is 0.869. The number of carbonyl (C=O) groups is 4. The summed E-state index contributed by atoms with van der Waals surface area (Å²) >= 11 is 0. The quantitative estimate of drug-likeness (QED) is 0.298. The van der Waals surface area contributed by atoms with Crippen LogP contribution in [0.15, 0.2) is 48.5 Å². The number of nitrogens with one attached hydrogen (secondary N) is 3. The van der Waals surface area contributed by atoms with Crippen molar-refractivity contribution in [1.29, 1.82) is 0 Å². The van der Waals surface area contributed by atoms with Gasteiger partial charge >= 0.3 is 6.09 Å². The number of ketones is 1. The van der Waals surface area contributed by atoms with Gasteiger partial charge in [-0.25, -0.2) is 4.79 Å². The summed E-state index contributed by atoms with van der Waals surface area (Å²) in [5, 5.41) is 8.67. The molecule has 2 aromatic carbocycles. The summed E-state index contributed by atoms with van der Waals surface area (Å²) in [7, 11) is 0. The monoisotopic (exact) mass is 608 g/mol. The van der Waals surface area contributed by atoms with Crippen molar-refractivity contribution in [2.75, 3.05) is 26.4 Å². The van der Waals surface area contributed by atoms with Crippen LogP contribution in [0.1, 0.15) is 51.7 Å². The molecule has 3 N–H and O–H groups in total. The van der Waals surface area contributed by atoms with Crippen molar-refractivity contribution in [2.24, 2.45) is 11.8 Å². The SMILES string of the molecule is CC(C)C[C@@H](CN1CC(=O)C(NC(=O)[C@H](CC(C)C)NC(=O)Cc2ccc3c(c2)OCO3)C1)NC(=O)OCc1ccccc1. The molecule has 3 atom stereocenters. The van der Waals surface area contributed by atoms with Crippen LogP contribution >= 0.6 is 0 Å². The number of Topliss-reactive ketones (excluding diaryl/α,β-unsaturated/α-hetero) is 1. The van der Waals surface area contributed by atoms with Gasteiger partial charge in [-0.2, -0.15) is 0 Å². The maximum Gasteiger partial charge on any atom is 0.407 e. The molecule has 1 saturated heterocycles. The molecule has 2 aliphatic heterocycles. The molecule has 3 amide bonds. The number of benzene rings is 2. The van der Waals surface area contributed by atoms with Crippen molar-refractivity contribution in [2.45, 2.75) is 71.7 Å². The fourth-order valence-corrected chi connectivity index (χ4v) is 5.47. The van der Waals surface area contributed by atoms with Gasteiger partial charge in [0.1, 0.15) is 18.7 Å². The second kappa shape index (κ2) is 15.6. The lowest BCUT2D eigenvalue weighted by Gasteiger charge is -2.26. The van der Waals surface area contributed by atoms with Gasteiger partial charge in [-0.3, -0.25) is 19.3 Å². The van der Waals surface area contributed by atoms with E-state index in [2.05, 4.69) is 29.8 Å². The molecule has 44 heavy (non-hydrogen) atoms. The van der Waals surface area contributed by atoms with Gasteiger partial charge in [-0.1, -0.05) is 64.1 Å². The number of ether oxygens (including phenoxy) is 3. The molecule has 0 bridgehead atoms. The fourth-order valence-electron chi connectivity index (χ4n) is 5.47. The molecule has 1 unspecified atom stereocenters. The third-order valence-electron chi connectivity index (χ3n) is 7.46. The molecule has 4 rings (SSSR count). The van der Waals surface area contributed by atoms with E-state index < -0.39 is 18.2 Å². The highest BCUT2D eigenvalue weighted by molar-refractivity contribution is 5.95. The van der Waals surface area contributed by atoms with Crippen LogP contribution in [0.3, 0.4) is 0 Å². The van der Waals surface area contributed by atoms with Gasteiger partial charge in [0.15, 0.2) is 17.3 Å². The first-order chi connectivity index (χ1) is 21.0. The first-order valence-corrected chi connectivity index (χ1v) is 15.3. The molecule has 0 aromatic heterocycles. The van der Waals surface area contributed by atoms with Crippen molar-refractivity contribution in [1.82, 2.24) is 20.9 Å². The van der Waals surface area contributed by atoms with E-state index in [1.165, 1.54) is 0 Å². The number of amides is 3. The van der Waals surface area contributed by atoms with E-state index in [0.29, 0.717) is 43.3 Å². The molecule has 0 radical (unpaired) electrons. The summed E-state index contributed by atoms with van der Waals surface area (Å²) < 4.78 is 16.1. The zero-order valence-electron chi connectivity index (χ0n) is 26.0. The minimum Gasteiger partial charge on any atom is -0.454 e. The Morgan fingerprint density at radius 3 is 2.39 bits per heavy atom. The molecule has 0 aliphatic carbocycles. The molecular weight excluding hydrogens is 564 g/mol. The third kappa shape index (κ3) is 9.97. The van der Waals surface area contributed by atoms with E-state index in [1.807, 2.05) is 49.1 Å². The predicted molar refractivity (Wildman–Crippen MR) is 164 cm³/mol. The summed E-state index contributed by atoms with van der Waals surface area (Å²) in [6.45, 7) is 9.31. The number of likely N-dealkylation sites (tertiary alicyclic amines) is 1. The largest absolute Gasteiger partial charge is 0.454 e. The van der Waals surface area contributed by atoms with E-state index in [-0.39, 0.29) is 55.9 Å². The van der Waals surface area contributed by atoms with Crippen molar-refractivity contribution >= 4 is 23.7 Å². The number of alkyl carbamates (subject to hydrolysis) is 1. The van der Waals surface area contributed by atoms with E-state index in [9.17, 15) is 19.2 Å². The topological polar surface area (TPSA) is 135 Å². The minimum atomic E-state index is -0.784. The summed E-state index contributed by atoms with van der Waals surface area (Å²) in [6, 6.07) is 13.0. The van der Waals surface area contributed by atoms with E-state index >= 15 is 0 Å². The maximum atomic E-state index is 13.3. The molecule has 11 nitrogen and oxygen atoms in total. The molecular formula is C33H44N4O7. The number of hydrogen-bond donors (Lipinski definition) is 3. The Kier molecular flexibility index (Phi) is 11.6. The van der Waals surface area contributed by atoms with Gasteiger partial charge in [0, 0.05) is 19.1 Å². The summed E-state index contributed by atoms with van der Waals surface area (Å²) in [6.07, 6.45) is 0.693. The minimum absolute atomic E-state index is 0.0761. The number of fused-ring (bicyclic) bond motifs is 1. The smallest absolute Gasteiger partial charge is 0.407 e. The molecule has 0 saturated carbocycles. The van der Waals surface area contributed by atoms with E-state index in [4.69, 9.17) is 14.2 Å². The van der Waals surface area contributed by atoms with Gasteiger partial charge in [0.2, 0.25) is 18.6 Å². The lowest BCUT2D eigenvalue weighted by Crippen LogP contribution is -2.52. The molecule has 2 heterocycles. The van der Waals surface area contributed by atoms with Crippen LogP contribution in [0, 0.1) is 11.8 Å². The molecule has 0 spiro atoms. The first-order valence-electron chi connectivity index (χ1n) is 15.3. The number of carbonyl (C=O) groups excluding carboxylic acids is 4. The normalized spacial score (nSPS) is 17.4. The van der Waals surface area contributed by atoms with Gasteiger partial charge in [-0.05, 0) is 47.9 Å². The van der Waals surface area contributed by atoms with Gasteiger partial charge in [0.25, 0.3) is 0 Å². The van der Waals surface area contributed by atoms with Crippen LogP contribution in [0.4, 0.5) is 4.79 Å². The Bertz CT molecular complexity index is 1300. The van der Waals surface area contributed by atoms with Crippen LogP contribution in [-0.2, 0) is 32.1 Å². The zero-order valence-corrected chi connectivity index (χ0v) is 26.0. The van der Waals surface area contributed by atoms with Gasteiger partial charge in [0.05, 0.1) is 13.0 Å². The molecule has 2 aliphatic rings. The maximum absolute atomic E-state index is 13.3. The van der Waals surface area contributed by atoms with E-state index in [1.54, 1.807) is 18.2 Å². The predicted octanol–water partition coefficient (Wildman–Crippen LogP) is 3.20. The first kappa shape index (κ1) is 32.8. The average Bonchev–Trinajstić information content (AvgIpc) is 3.56. The second-order valence-electron chi connectivity index (χ2n) is 12.4. The van der Waals surface area contributed by atoms with Crippen LogP contribution in [-0.4, -0.2) is 73.1 Å². The average molecular weight is 609 g/mol. The highest BCUT2D eigenvalue weighted by atomic mass is 16.7. The Morgan fingerprint density at radius 1 is 0.932 bits per heavy atom. The third-order valence-corrected chi connectivity index (χ3v) is 7.46. The zero-order chi connectivity index (χ0) is 31.6. The van der Waals surface area contributed by atoms with Crippen molar-refractivity contribution in [3.63, 3.8) is 0 Å². The lowest BCUT2D eigenvalue weighted by atomic mass is 10.0. The Hall–Kier alpha value is -4.12. The van der Waals surface area contributed by atoms with Gasteiger partial charge in [-0.15, -0.1) is 0 Å². The Morgan fingerprint density at radius 2 is 1.66 bits per heavy atom. The Labute approximate surface area is 259 Å². The highest BCUT2D eigenvalue weighted by Crippen LogP contribution is 2.32. The van der Waals surface area contributed by atoms with Gasteiger partial charge < -0.3 is 30.2 Å². The molecule has 2 aromatic rings. The fraction of sp³-hybridized carbons (Fsp3) is 0.515. The van der Waals surface area contributed by atoms with Crippen LogP contribution in [0.25, 0.3) is 0 Å². The molecule has 238 valence electrons. The van der Waals surface area contributed by atoms with Crippen LogP contribution in [0.5, 0.6) is 11.5 Å². The second-order valence-corrected chi connectivity index (χ2v) is 12.4. The molecule has 11 heteroatoms. The van der Waals surface area contributed by atoms with Crippen molar-refractivity contribution in [3.05, 3.63) is 59.7 Å². The lowest BCUT2D eigenvalue weighted by molar-refractivity contribution is -0.130. The van der Waals surface area contributed by atoms with Crippen molar-refractivity contribution < 1.29 is 33.4 Å². The molecule has 1 fully saturated rings. The highest BCUT2D eigenvalue weighted by Gasteiger charge is 2.35.